The minimum atomic E-state index is 0.963. The fraction of sp³-hybridized carbons (Fsp3) is 0.143. The van der Waals surface area contributed by atoms with Crippen molar-refractivity contribution in [3.05, 3.63) is 326 Å². The third kappa shape index (κ3) is 11.0. The Morgan fingerprint density at radius 3 is 0.638 bits per heavy atom. The zero-order valence-corrected chi connectivity index (χ0v) is 60.4. The Morgan fingerprint density at radius 1 is 0.171 bits per heavy atom. The first-order valence-electron chi connectivity index (χ1n) is 38.8. The summed E-state index contributed by atoms with van der Waals surface area (Å²) in [5.74, 6) is 0. The Kier molecular flexibility index (Phi) is 16.6. The molecule has 0 fully saturated rings. The molecule has 0 atom stereocenters. The molecule has 0 N–H and O–H groups in total. The first-order chi connectivity index (χ1) is 52.0. The Bertz CT molecular complexity index is 6420. The molecule has 0 aromatic heterocycles. The van der Waals surface area contributed by atoms with Gasteiger partial charge in [-0.15, -0.1) is 0 Å². The molecule has 0 aliphatic carbocycles. The Hall–Kier alpha value is -11.7. The number of hydrogen-bond acceptors (Lipinski definition) is 0. The first-order valence-corrected chi connectivity index (χ1v) is 38.8. The van der Waals surface area contributed by atoms with Crippen LogP contribution in [0.3, 0.4) is 0 Å². The van der Waals surface area contributed by atoms with Crippen molar-refractivity contribution < 1.29 is 0 Å². The van der Waals surface area contributed by atoms with Crippen molar-refractivity contribution in [2.45, 2.75) is 97.8 Å². The molecule has 19 aromatic carbocycles. The molecule has 0 heterocycles. The molecule has 504 valence electrons. The minimum absolute atomic E-state index is 0.963. The van der Waals surface area contributed by atoms with Gasteiger partial charge in [-0.05, 0) is 299 Å². The second-order valence-corrected chi connectivity index (χ2v) is 29.8. The van der Waals surface area contributed by atoms with Crippen LogP contribution in [0.4, 0.5) is 0 Å². The summed E-state index contributed by atoms with van der Waals surface area (Å²) in [7, 11) is 0. The van der Waals surface area contributed by atoms with Gasteiger partial charge in [0.25, 0.3) is 0 Å². The zero-order valence-electron chi connectivity index (χ0n) is 60.4. The van der Waals surface area contributed by atoms with Crippen LogP contribution in [0, 0.1) is 0 Å². The van der Waals surface area contributed by atoms with Crippen LogP contribution in [0.25, 0.3) is 196 Å². The molecule has 19 aromatic rings. The van der Waals surface area contributed by atoms with Crippen LogP contribution >= 0.6 is 0 Å². The smallest absolute Gasteiger partial charge is 0.00113 e. The van der Waals surface area contributed by atoms with Crippen molar-refractivity contribution in [1.82, 2.24) is 0 Å². The van der Waals surface area contributed by atoms with Gasteiger partial charge in [-0.2, -0.15) is 0 Å². The third-order valence-electron chi connectivity index (χ3n) is 23.4. The lowest BCUT2D eigenvalue weighted by Gasteiger charge is -2.23. The van der Waals surface area contributed by atoms with Gasteiger partial charge in [-0.1, -0.05) is 321 Å². The summed E-state index contributed by atoms with van der Waals surface area (Å²) in [6, 6.07) is 121. The number of rotatable bonds is 18. The minimum Gasteiger partial charge on any atom is -0.0654 e. The van der Waals surface area contributed by atoms with E-state index in [9.17, 15) is 0 Å². The molecule has 19 rings (SSSR count). The maximum atomic E-state index is 2.59. The molecule has 0 spiro atoms. The van der Waals surface area contributed by atoms with E-state index < -0.39 is 0 Å². The van der Waals surface area contributed by atoms with Crippen LogP contribution in [-0.2, 0) is 19.3 Å². The van der Waals surface area contributed by atoms with Crippen LogP contribution < -0.4 is 0 Å². The Balaban J connectivity index is 1.03. The molecular formula is C105H84. The van der Waals surface area contributed by atoms with Gasteiger partial charge >= 0.3 is 0 Å². The van der Waals surface area contributed by atoms with Gasteiger partial charge in [-0.25, -0.2) is 0 Å². The lowest BCUT2D eigenvalue weighted by molar-refractivity contribution is 0.667. The second kappa shape index (κ2) is 27.2. The molecule has 0 heteroatoms. The number of aryl methyl sites for hydroxylation is 3. The van der Waals surface area contributed by atoms with E-state index in [1.54, 1.807) is 0 Å². The third-order valence-corrected chi connectivity index (χ3v) is 23.4. The highest BCUT2D eigenvalue weighted by Crippen LogP contribution is 2.53. The Labute approximate surface area is 615 Å². The van der Waals surface area contributed by atoms with E-state index in [0.717, 1.165) is 38.5 Å². The molecule has 0 saturated heterocycles. The number of hydrogen-bond donors (Lipinski definition) is 0. The van der Waals surface area contributed by atoms with Crippen molar-refractivity contribution >= 4 is 129 Å². The van der Waals surface area contributed by atoms with Gasteiger partial charge in [0.15, 0.2) is 0 Å². The summed E-state index contributed by atoms with van der Waals surface area (Å²) in [6.07, 6.45) is 13.6. The number of unbranched alkanes of at least 4 members (excludes halogenated alkanes) is 6. The molecule has 0 aliphatic rings. The summed E-state index contributed by atoms with van der Waals surface area (Å²) in [5, 5.41) is 30.3. The van der Waals surface area contributed by atoms with Crippen LogP contribution in [-0.4, -0.2) is 0 Å². The Morgan fingerprint density at radius 2 is 0.400 bits per heavy atom. The predicted molar refractivity (Wildman–Crippen MR) is 459 cm³/mol. The molecule has 0 saturated carbocycles. The molecule has 105 heavy (non-hydrogen) atoms. The van der Waals surface area contributed by atoms with Crippen molar-refractivity contribution in [2.24, 2.45) is 0 Å². The maximum Gasteiger partial charge on any atom is -0.00113 e. The van der Waals surface area contributed by atoms with Crippen molar-refractivity contribution in [2.75, 3.05) is 0 Å². The highest BCUT2D eigenvalue weighted by atomic mass is 14.3. The van der Waals surface area contributed by atoms with Crippen molar-refractivity contribution in [3.8, 4) is 66.8 Å². The summed E-state index contributed by atoms with van der Waals surface area (Å²) in [5.41, 5.74) is 19.6. The monoisotopic (exact) mass is 1340 g/mol. The van der Waals surface area contributed by atoms with E-state index in [-0.39, 0.29) is 0 Å². The van der Waals surface area contributed by atoms with Gasteiger partial charge in [0.05, 0.1) is 0 Å². The van der Waals surface area contributed by atoms with Crippen molar-refractivity contribution in [3.63, 3.8) is 0 Å². The standard InChI is InChI=1S/C105H84/c1-4-7-9-17-44-80-65-89(68-34-21-12-22-35-68)101-83-53-47-74-59-92(83)96-63-78(51-57-87(96)105(101)99(80)72-42-29-16-30-43-72)75-48-54-84-93(60-75)95-62-77(50-56-86(95)104-98(71-40-27-15-28-41-71)81(45-18-10-8-5-2)66-90(102(84)104)69-36-23-13-24-37-69)73-46-52-82-91(58-73)94-61-76(74)49-55-85(94)103-97(70-38-25-14-26-39-70)79(31-6-3)64-88(100(82)103)67-32-19-11-20-33-67/h11-16,19-30,32-43,46-66H,4-10,17-18,31,44-45H2,1-3H3. The molecular weight excluding hydrogens is 1260 g/mol. The summed E-state index contributed by atoms with van der Waals surface area (Å²) < 4.78 is 0. The van der Waals surface area contributed by atoms with Gasteiger partial charge in [0, 0.05) is 0 Å². The quantitative estimate of drug-likeness (QED) is 0.0593. The van der Waals surface area contributed by atoms with E-state index in [0.29, 0.717) is 0 Å². The summed E-state index contributed by atoms with van der Waals surface area (Å²) >= 11 is 0. The summed E-state index contributed by atoms with van der Waals surface area (Å²) in [4.78, 5) is 0. The average Bonchev–Trinajstić information content (AvgIpc) is 0.715. The lowest BCUT2D eigenvalue weighted by Crippen LogP contribution is -1.98. The van der Waals surface area contributed by atoms with E-state index >= 15 is 0 Å². The van der Waals surface area contributed by atoms with Crippen LogP contribution in [0.1, 0.15) is 95.2 Å². The average molecular weight is 1350 g/mol. The van der Waals surface area contributed by atoms with Gasteiger partial charge < -0.3 is 0 Å². The normalized spacial score (nSPS) is 12.0. The molecule has 0 unspecified atom stereocenters. The largest absolute Gasteiger partial charge is 0.0654 e. The lowest BCUT2D eigenvalue weighted by atomic mass is 9.80. The highest BCUT2D eigenvalue weighted by molar-refractivity contribution is 6.37. The topological polar surface area (TPSA) is 0 Å². The van der Waals surface area contributed by atoms with Gasteiger partial charge in [0.2, 0.25) is 0 Å². The predicted octanol–water partition coefficient (Wildman–Crippen LogP) is 30.7. The molecule has 0 amide bonds. The number of fused-ring (bicyclic) bond motifs is 18. The number of benzene rings is 18. The van der Waals surface area contributed by atoms with E-state index in [2.05, 4.69) is 330 Å². The van der Waals surface area contributed by atoms with Gasteiger partial charge in [-0.3, -0.25) is 0 Å². The van der Waals surface area contributed by atoms with Crippen molar-refractivity contribution in [1.29, 1.82) is 0 Å². The fourth-order valence-corrected chi connectivity index (χ4v) is 18.5. The molecule has 0 radical (unpaired) electrons. The van der Waals surface area contributed by atoms with Crippen LogP contribution in [0.5, 0.6) is 0 Å². The first kappa shape index (κ1) is 64.2. The van der Waals surface area contributed by atoms with E-state index in [4.69, 9.17) is 0 Å². The molecule has 0 nitrogen and oxygen atoms in total. The van der Waals surface area contributed by atoms with Crippen LogP contribution in [0.15, 0.2) is 309 Å². The highest BCUT2D eigenvalue weighted by Gasteiger charge is 2.26. The van der Waals surface area contributed by atoms with E-state index in [1.807, 2.05) is 0 Å². The van der Waals surface area contributed by atoms with Crippen LogP contribution in [0.2, 0.25) is 0 Å². The fourth-order valence-electron chi connectivity index (χ4n) is 18.5. The van der Waals surface area contributed by atoms with Gasteiger partial charge in [0.1, 0.15) is 0 Å². The SMILES string of the molecule is CCCCCCc1cc(-c2ccccc2)c2c3ccc4cc3c3cc(ccc3c2c1-c1ccccc1)c1ccc2c(c1)c1cc(ccc1c1c(-c3ccccc3)c(CCC)cc(-c3ccccc3)c21)c1ccc2c(c1)c1cc4ccc1c1c(-c3ccccc3)c(CCCCCC)cc(-c3ccccc3)c21. The van der Waals surface area contributed by atoms with E-state index in [1.165, 1.54) is 251 Å². The molecule has 12 bridgehead atoms. The zero-order chi connectivity index (χ0) is 70.1. The summed E-state index contributed by atoms with van der Waals surface area (Å²) in [6.45, 7) is 6.98. The molecule has 0 aliphatic heterocycles. The second-order valence-electron chi connectivity index (χ2n) is 29.8. The maximum absolute atomic E-state index is 2.59.